The monoisotopic (exact) mass is 754 g/mol. The molecular weight excluding hydrogens is 685 g/mol. The quantitative estimate of drug-likeness (QED) is 0.0789. The van der Waals surface area contributed by atoms with Gasteiger partial charge in [-0.1, -0.05) is 84.9 Å². The molecule has 0 heterocycles. The molecule has 0 aromatic heterocycles. The first kappa shape index (κ1) is 45.8. The summed E-state index contributed by atoms with van der Waals surface area (Å²) in [7, 11) is 0.891. The second-order valence-corrected chi connectivity index (χ2v) is 21.9. The molecule has 2 amide bonds. The molecule has 2 aromatic carbocycles. The number of nitrogens with one attached hydrogen (secondary N) is 2. The minimum Gasteiger partial charge on any atom is -0.493 e. The number of ether oxygens (including phenoxy) is 4. The van der Waals surface area contributed by atoms with Crippen LogP contribution in [0.3, 0.4) is 0 Å². The summed E-state index contributed by atoms with van der Waals surface area (Å²) in [5.41, 5.74) is 2.04. The second kappa shape index (κ2) is 20.9. The molecule has 9 nitrogen and oxygen atoms in total. The molecule has 0 aliphatic carbocycles. The summed E-state index contributed by atoms with van der Waals surface area (Å²) in [4.78, 5) is 27.5. The van der Waals surface area contributed by atoms with E-state index in [0.29, 0.717) is 43.3 Å². The van der Waals surface area contributed by atoms with Gasteiger partial charge in [0.25, 0.3) is 0 Å². The second-order valence-electron chi connectivity index (χ2n) is 17.2. The highest BCUT2D eigenvalue weighted by Crippen LogP contribution is 2.39. The van der Waals surface area contributed by atoms with Gasteiger partial charge in [-0.2, -0.15) is 0 Å². The molecule has 2 rings (SSSR count). The van der Waals surface area contributed by atoms with Crippen molar-refractivity contribution in [1.29, 1.82) is 0 Å². The molecule has 10 heteroatoms. The lowest BCUT2D eigenvalue weighted by Gasteiger charge is -2.42. The lowest BCUT2D eigenvalue weighted by atomic mass is 9.82. The third-order valence-corrected chi connectivity index (χ3v) is 14.3. The Morgan fingerprint density at radius 3 is 2.08 bits per heavy atom. The van der Waals surface area contributed by atoms with E-state index in [0.717, 1.165) is 24.0 Å². The van der Waals surface area contributed by atoms with Crippen LogP contribution >= 0.6 is 0 Å². The molecule has 0 saturated heterocycles. The Balaban J connectivity index is 2.63. The molecule has 0 fully saturated rings. The Kier molecular flexibility index (Phi) is 18.1. The fourth-order valence-corrected chi connectivity index (χ4v) is 6.90. The lowest BCUT2D eigenvalue weighted by molar-refractivity contribution is -0.118. The number of hydrogen-bond donors (Lipinski definition) is 2. The Hall–Kier alpha value is -3.34. The van der Waals surface area contributed by atoms with E-state index >= 15 is 0 Å². The number of benzene rings is 2. The molecule has 0 saturated carbocycles. The van der Waals surface area contributed by atoms with Crippen LogP contribution in [0, 0.1) is 17.8 Å². The minimum atomic E-state index is -2.43. The standard InChI is InChI=1S/C43H70N2O7Si/c1-30(2)34(25-33-21-22-37(49-12)39(26-33)50-24-18-23-48-11)27-36(45-41(47)51-42(5,6)7)38(52-53(13,14)43(8,9)10)28-35(31(3)4)40(46)44-29-32-19-16-15-17-20-32/h15-17,19-22,26,28,30-31,34,36,38H,18,23-25,27,29H2,1-14H3,(H,44,46)(H,45,47)/b35-28+/t34-,36-,38-/m0/s1. The van der Waals surface area contributed by atoms with Gasteiger partial charge in [-0.3, -0.25) is 4.79 Å². The van der Waals surface area contributed by atoms with Gasteiger partial charge in [-0.25, -0.2) is 4.79 Å². The average Bonchev–Trinajstić information content (AvgIpc) is 3.05. The number of hydrogen-bond acceptors (Lipinski definition) is 7. The molecule has 3 atom stereocenters. The highest BCUT2D eigenvalue weighted by Gasteiger charge is 2.42. The zero-order valence-electron chi connectivity index (χ0n) is 35.2. The van der Waals surface area contributed by atoms with Crippen molar-refractivity contribution in [2.75, 3.05) is 27.4 Å². The van der Waals surface area contributed by atoms with Crippen molar-refractivity contribution in [1.82, 2.24) is 10.6 Å². The summed E-state index contributed by atoms with van der Waals surface area (Å²) >= 11 is 0. The summed E-state index contributed by atoms with van der Waals surface area (Å²) < 4.78 is 29.9. The van der Waals surface area contributed by atoms with Crippen molar-refractivity contribution in [2.24, 2.45) is 17.8 Å². The van der Waals surface area contributed by atoms with Crippen LogP contribution < -0.4 is 20.1 Å². The van der Waals surface area contributed by atoms with E-state index in [2.05, 4.69) is 70.5 Å². The number of rotatable bonds is 20. The van der Waals surface area contributed by atoms with E-state index in [1.54, 1.807) is 14.2 Å². The molecular formula is C43H70N2O7Si. The van der Waals surface area contributed by atoms with E-state index in [1.165, 1.54) is 0 Å². The van der Waals surface area contributed by atoms with Crippen LogP contribution in [0.15, 0.2) is 60.2 Å². The lowest BCUT2D eigenvalue weighted by Crippen LogP contribution is -2.53. The van der Waals surface area contributed by atoms with Crippen LogP contribution in [-0.4, -0.2) is 65.5 Å². The van der Waals surface area contributed by atoms with Crippen molar-refractivity contribution in [3.63, 3.8) is 0 Å². The van der Waals surface area contributed by atoms with Gasteiger partial charge in [0.2, 0.25) is 5.91 Å². The minimum absolute atomic E-state index is 0.0963. The van der Waals surface area contributed by atoms with Crippen molar-refractivity contribution in [3.8, 4) is 11.5 Å². The van der Waals surface area contributed by atoms with Crippen molar-refractivity contribution < 1.29 is 33.0 Å². The van der Waals surface area contributed by atoms with Crippen LogP contribution in [0.2, 0.25) is 18.1 Å². The van der Waals surface area contributed by atoms with E-state index in [4.69, 9.17) is 23.4 Å². The van der Waals surface area contributed by atoms with E-state index in [1.807, 2.05) is 77.1 Å². The number of amides is 2. The van der Waals surface area contributed by atoms with Crippen molar-refractivity contribution >= 4 is 20.3 Å². The van der Waals surface area contributed by atoms with Gasteiger partial charge in [0.15, 0.2) is 19.8 Å². The predicted octanol–water partition coefficient (Wildman–Crippen LogP) is 9.50. The largest absolute Gasteiger partial charge is 0.493 e. The van der Waals surface area contributed by atoms with Crippen LogP contribution in [-0.2, 0) is 31.7 Å². The molecule has 0 radical (unpaired) electrons. The summed E-state index contributed by atoms with van der Waals surface area (Å²) in [5.74, 6) is 1.50. The summed E-state index contributed by atoms with van der Waals surface area (Å²) in [6.07, 6.45) is 2.93. The summed E-state index contributed by atoms with van der Waals surface area (Å²) in [6, 6.07) is 15.5. The molecule has 2 N–H and O–H groups in total. The normalized spacial score (nSPS) is 14.5. The van der Waals surface area contributed by atoms with Crippen LogP contribution in [0.4, 0.5) is 4.79 Å². The molecule has 2 aromatic rings. The van der Waals surface area contributed by atoms with Gasteiger partial charge in [0.1, 0.15) is 5.60 Å². The molecule has 0 spiro atoms. The van der Waals surface area contributed by atoms with E-state index in [-0.39, 0.29) is 28.7 Å². The Morgan fingerprint density at radius 2 is 1.53 bits per heavy atom. The molecule has 0 bridgehead atoms. The molecule has 0 aliphatic heterocycles. The van der Waals surface area contributed by atoms with E-state index < -0.39 is 32.2 Å². The van der Waals surface area contributed by atoms with Gasteiger partial charge >= 0.3 is 6.09 Å². The highest BCUT2D eigenvalue weighted by atomic mass is 28.4. The van der Waals surface area contributed by atoms with Crippen molar-refractivity contribution in [2.45, 2.75) is 131 Å². The molecule has 0 aliphatic rings. The highest BCUT2D eigenvalue weighted by molar-refractivity contribution is 6.74. The SMILES string of the molecule is COCCCOc1cc(C[C@@H](C[C@H](NC(=O)OC(C)(C)C)[C@H](/C=C(/C(=O)NCc2ccccc2)C(C)C)O[Si](C)(C)C(C)(C)C)C(C)C)ccc1OC. The topological polar surface area (TPSA) is 104 Å². The number of carbonyl (C=O) groups is 2. The first-order valence-electron chi connectivity index (χ1n) is 19.2. The zero-order valence-corrected chi connectivity index (χ0v) is 36.2. The Morgan fingerprint density at radius 1 is 0.868 bits per heavy atom. The van der Waals surface area contributed by atoms with E-state index in [9.17, 15) is 9.59 Å². The number of carbonyl (C=O) groups excluding carboxylic acids is 2. The molecule has 298 valence electrons. The third-order valence-electron chi connectivity index (χ3n) is 9.84. The fourth-order valence-electron chi connectivity index (χ4n) is 5.64. The maximum absolute atomic E-state index is 13.9. The van der Waals surface area contributed by atoms with Gasteiger partial charge in [-0.15, -0.1) is 0 Å². The number of alkyl carbamates (subject to hydrolysis) is 1. The Labute approximate surface area is 322 Å². The van der Waals surface area contributed by atoms with Gasteiger partial charge in [0, 0.05) is 32.3 Å². The predicted molar refractivity (Wildman–Crippen MR) is 218 cm³/mol. The van der Waals surface area contributed by atoms with Crippen molar-refractivity contribution in [3.05, 3.63) is 71.3 Å². The zero-order chi connectivity index (χ0) is 40.0. The first-order valence-corrected chi connectivity index (χ1v) is 22.1. The first-order chi connectivity index (χ1) is 24.7. The fraction of sp³-hybridized carbons (Fsp3) is 0.628. The molecule has 53 heavy (non-hydrogen) atoms. The van der Waals surface area contributed by atoms with Gasteiger partial charge in [-0.05, 0) is 98.8 Å². The summed E-state index contributed by atoms with van der Waals surface area (Å²) in [6.45, 7) is 26.5. The van der Waals surface area contributed by atoms with Crippen LogP contribution in [0.25, 0.3) is 0 Å². The average molecular weight is 755 g/mol. The van der Waals surface area contributed by atoms with Crippen LogP contribution in [0.5, 0.6) is 11.5 Å². The summed E-state index contributed by atoms with van der Waals surface area (Å²) in [5, 5.41) is 6.24. The Bertz CT molecular complexity index is 1440. The van der Waals surface area contributed by atoms with Crippen LogP contribution in [0.1, 0.15) is 93.2 Å². The third kappa shape index (κ3) is 15.9. The number of methoxy groups -OCH3 is 2. The van der Waals surface area contributed by atoms with Gasteiger partial charge < -0.3 is 34.0 Å². The van der Waals surface area contributed by atoms with Gasteiger partial charge in [0.05, 0.1) is 25.9 Å². The smallest absolute Gasteiger partial charge is 0.407 e. The maximum atomic E-state index is 13.9. The molecule has 0 unspecified atom stereocenters. The maximum Gasteiger partial charge on any atom is 0.407 e.